The number of amides is 1. The third kappa shape index (κ3) is 4.82. The fraction of sp³-hybridized carbons (Fsp3) is 0.412. The maximum Gasteiger partial charge on any atom is 0.253 e. The molecular formula is C17H22N2O4. The highest BCUT2D eigenvalue weighted by atomic mass is 16.5. The lowest BCUT2D eigenvalue weighted by atomic mass is 10.2. The monoisotopic (exact) mass is 318 g/mol. The second kappa shape index (κ2) is 7.78. The number of nitrogens with zero attached hydrogens (tertiary/aromatic N) is 1. The van der Waals surface area contributed by atoms with Gasteiger partial charge in [-0.3, -0.25) is 9.59 Å². The second-order valence-electron chi connectivity index (χ2n) is 5.84. The van der Waals surface area contributed by atoms with Crippen molar-refractivity contribution in [2.24, 2.45) is 13.0 Å². The van der Waals surface area contributed by atoms with E-state index < -0.39 is 0 Å². The molecule has 0 spiro atoms. The molecule has 2 aromatic rings. The van der Waals surface area contributed by atoms with Crippen LogP contribution < -0.4 is 10.9 Å². The van der Waals surface area contributed by atoms with E-state index in [-0.39, 0.29) is 17.5 Å². The van der Waals surface area contributed by atoms with Crippen LogP contribution in [0.2, 0.25) is 0 Å². The summed E-state index contributed by atoms with van der Waals surface area (Å²) in [6, 6.07) is 6.05. The molecule has 0 unspecified atom stereocenters. The lowest BCUT2D eigenvalue weighted by Crippen LogP contribution is -2.32. The average molecular weight is 318 g/mol. The number of aryl methyl sites for hydroxylation is 1. The summed E-state index contributed by atoms with van der Waals surface area (Å²) < 4.78 is 12.4. The van der Waals surface area contributed by atoms with Crippen molar-refractivity contribution in [3.8, 4) is 0 Å². The standard InChI is InChI=1S/C17H22N2O4/c1-12(2)10-22-11-14(15-5-4-8-23-15)18-17(21)13-6-7-16(20)19(3)9-13/h4-9,12,14H,10-11H2,1-3H3,(H,18,21)/t14-/m0/s1. The van der Waals surface area contributed by atoms with Gasteiger partial charge in [0.1, 0.15) is 11.8 Å². The molecule has 0 radical (unpaired) electrons. The molecule has 1 atom stereocenters. The number of hydrogen-bond acceptors (Lipinski definition) is 4. The normalized spacial score (nSPS) is 12.3. The van der Waals surface area contributed by atoms with E-state index in [1.54, 1.807) is 25.4 Å². The van der Waals surface area contributed by atoms with Gasteiger partial charge in [0.15, 0.2) is 0 Å². The van der Waals surface area contributed by atoms with Crippen LogP contribution in [-0.2, 0) is 11.8 Å². The number of nitrogens with one attached hydrogen (secondary N) is 1. The first-order chi connectivity index (χ1) is 11.0. The van der Waals surface area contributed by atoms with Crippen molar-refractivity contribution in [1.82, 2.24) is 9.88 Å². The number of carbonyl (C=O) groups is 1. The Labute approximate surface area is 135 Å². The summed E-state index contributed by atoms with van der Waals surface area (Å²) in [6.07, 6.45) is 3.06. The van der Waals surface area contributed by atoms with Crippen LogP contribution in [0.5, 0.6) is 0 Å². The Morgan fingerprint density at radius 3 is 2.70 bits per heavy atom. The Hall–Kier alpha value is -2.34. The number of ether oxygens (including phenoxy) is 1. The van der Waals surface area contributed by atoms with E-state index in [1.807, 2.05) is 0 Å². The van der Waals surface area contributed by atoms with Gasteiger partial charge in [-0.15, -0.1) is 0 Å². The highest BCUT2D eigenvalue weighted by Crippen LogP contribution is 2.15. The molecule has 0 aromatic carbocycles. The van der Waals surface area contributed by atoms with E-state index in [0.717, 1.165) is 0 Å². The molecule has 23 heavy (non-hydrogen) atoms. The summed E-state index contributed by atoms with van der Waals surface area (Å²) in [6.45, 7) is 5.05. The Morgan fingerprint density at radius 2 is 2.09 bits per heavy atom. The number of furan rings is 1. The van der Waals surface area contributed by atoms with Crippen LogP contribution in [0.4, 0.5) is 0 Å². The largest absolute Gasteiger partial charge is 0.467 e. The fourth-order valence-corrected chi connectivity index (χ4v) is 2.08. The zero-order valence-corrected chi connectivity index (χ0v) is 13.6. The van der Waals surface area contributed by atoms with E-state index in [9.17, 15) is 9.59 Å². The number of aromatic nitrogens is 1. The zero-order valence-electron chi connectivity index (χ0n) is 13.6. The lowest BCUT2D eigenvalue weighted by Gasteiger charge is -2.18. The van der Waals surface area contributed by atoms with E-state index >= 15 is 0 Å². The first kappa shape index (κ1) is 17.0. The number of pyridine rings is 1. The Balaban J connectivity index is 2.08. The van der Waals surface area contributed by atoms with Gasteiger partial charge < -0.3 is 19.0 Å². The quantitative estimate of drug-likeness (QED) is 0.848. The van der Waals surface area contributed by atoms with E-state index in [2.05, 4.69) is 19.2 Å². The number of hydrogen-bond donors (Lipinski definition) is 1. The molecule has 124 valence electrons. The first-order valence-electron chi connectivity index (χ1n) is 7.56. The molecule has 6 heteroatoms. The molecule has 0 bridgehead atoms. The minimum atomic E-state index is -0.381. The minimum Gasteiger partial charge on any atom is -0.467 e. The Kier molecular flexibility index (Phi) is 5.76. The Bertz CT molecular complexity index is 689. The maximum atomic E-state index is 12.4. The SMILES string of the molecule is CC(C)COC[C@H](NC(=O)c1ccc(=O)n(C)c1)c1ccco1. The van der Waals surface area contributed by atoms with Crippen LogP contribution in [0.1, 0.15) is 36.0 Å². The van der Waals surface area contributed by atoms with Crippen molar-refractivity contribution in [3.05, 3.63) is 58.4 Å². The molecule has 1 N–H and O–H groups in total. The summed E-state index contributed by atoms with van der Waals surface area (Å²) in [4.78, 5) is 23.8. The van der Waals surface area contributed by atoms with Gasteiger partial charge >= 0.3 is 0 Å². The fourth-order valence-electron chi connectivity index (χ4n) is 2.08. The van der Waals surface area contributed by atoms with Gasteiger partial charge in [-0.25, -0.2) is 0 Å². The van der Waals surface area contributed by atoms with Crippen LogP contribution in [0.3, 0.4) is 0 Å². The topological polar surface area (TPSA) is 73.5 Å². The van der Waals surface area contributed by atoms with Gasteiger partial charge in [0.25, 0.3) is 5.91 Å². The van der Waals surface area contributed by atoms with Crippen molar-refractivity contribution < 1.29 is 13.9 Å². The van der Waals surface area contributed by atoms with Crippen molar-refractivity contribution >= 4 is 5.91 Å². The van der Waals surface area contributed by atoms with Crippen molar-refractivity contribution in [2.75, 3.05) is 13.2 Å². The third-order valence-electron chi connectivity index (χ3n) is 3.28. The highest BCUT2D eigenvalue weighted by Gasteiger charge is 2.19. The molecule has 0 fully saturated rings. The van der Waals surface area contributed by atoms with Crippen LogP contribution >= 0.6 is 0 Å². The molecule has 2 rings (SSSR count). The zero-order chi connectivity index (χ0) is 16.8. The third-order valence-corrected chi connectivity index (χ3v) is 3.28. The molecule has 6 nitrogen and oxygen atoms in total. The summed E-state index contributed by atoms with van der Waals surface area (Å²) in [7, 11) is 1.61. The predicted molar refractivity (Wildman–Crippen MR) is 86.3 cm³/mol. The van der Waals surface area contributed by atoms with Gasteiger partial charge in [-0.2, -0.15) is 0 Å². The van der Waals surface area contributed by atoms with Gasteiger partial charge in [0.05, 0.1) is 18.4 Å². The van der Waals surface area contributed by atoms with Crippen LogP contribution in [0.25, 0.3) is 0 Å². The molecule has 1 amide bonds. The number of rotatable bonds is 7. The summed E-state index contributed by atoms with van der Waals surface area (Å²) in [5, 5.41) is 2.88. The molecule has 0 saturated heterocycles. The lowest BCUT2D eigenvalue weighted by molar-refractivity contribution is 0.0730. The van der Waals surface area contributed by atoms with Gasteiger partial charge in [0, 0.05) is 25.9 Å². The van der Waals surface area contributed by atoms with Gasteiger partial charge in [0.2, 0.25) is 5.56 Å². The smallest absolute Gasteiger partial charge is 0.253 e. The van der Waals surface area contributed by atoms with Gasteiger partial charge in [-0.05, 0) is 24.1 Å². The van der Waals surface area contributed by atoms with Crippen molar-refractivity contribution in [3.63, 3.8) is 0 Å². The molecule has 0 aliphatic carbocycles. The van der Waals surface area contributed by atoms with Crippen LogP contribution in [0.15, 0.2) is 45.9 Å². The molecule has 2 heterocycles. The van der Waals surface area contributed by atoms with Crippen molar-refractivity contribution in [2.45, 2.75) is 19.9 Å². The Morgan fingerprint density at radius 1 is 1.30 bits per heavy atom. The van der Waals surface area contributed by atoms with E-state index in [0.29, 0.717) is 30.5 Å². The average Bonchev–Trinajstić information content (AvgIpc) is 3.02. The highest BCUT2D eigenvalue weighted by molar-refractivity contribution is 5.94. The second-order valence-corrected chi connectivity index (χ2v) is 5.84. The summed E-state index contributed by atoms with van der Waals surface area (Å²) in [5.74, 6) is 0.758. The minimum absolute atomic E-state index is 0.163. The van der Waals surface area contributed by atoms with E-state index in [4.69, 9.17) is 9.15 Å². The van der Waals surface area contributed by atoms with Crippen molar-refractivity contribution in [1.29, 1.82) is 0 Å². The summed E-state index contributed by atoms with van der Waals surface area (Å²) in [5.41, 5.74) is 0.247. The molecule has 2 aromatic heterocycles. The molecule has 0 saturated carbocycles. The first-order valence-corrected chi connectivity index (χ1v) is 7.56. The van der Waals surface area contributed by atoms with Crippen LogP contribution in [0, 0.1) is 5.92 Å². The van der Waals surface area contributed by atoms with Gasteiger partial charge in [-0.1, -0.05) is 13.8 Å². The summed E-state index contributed by atoms with van der Waals surface area (Å²) >= 11 is 0. The molecule has 0 aliphatic heterocycles. The maximum absolute atomic E-state index is 12.4. The molecule has 0 aliphatic rings. The molecular weight excluding hydrogens is 296 g/mol. The predicted octanol–water partition coefficient (Wildman–Crippen LogP) is 2.12. The van der Waals surface area contributed by atoms with Crippen LogP contribution in [-0.4, -0.2) is 23.7 Å². The van der Waals surface area contributed by atoms with E-state index in [1.165, 1.54) is 22.9 Å². The number of carbonyl (C=O) groups excluding carboxylic acids is 1.